The van der Waals surface area contributed by atoms with Gasteiger partial charge in [-0.1, -0.05) is 0 Å². The van der Waals surface area contributed by atoms with E-state index in [0.717, 1.165) is 11.1 Å². The fraction of sp³-hybridized carbons (Fsp3) is 0.368. The van der Waals surface area contributed by atoms with Crippen LogP contribution in [-0.2, 0) is 13.1 Å². The summed E-state index contributed by atoms with van der Waals surface area (Å²) in [5.74, 6) is 2.21. The van der Waals surface area contributed by atoms with E-state index in [9.17, 15) is 4.79 Å². The predicted molar refractivity (Wildman–Crippen MR) is 103 cm³/mol. The Labute approximate surface area is 159 Å². The highest BCUT2D eigenvalue weighted by atomic mass is 16.5. The first kappa shape index (κ1) is 20.2. The number of methoxy groups -OCH3 is 2. The molecular formula is C19H26N4O4. The number of primary amides is 1. The van der Waals surface area contributed by atoms with Crippen LogP contribution in [0.2, 0.25) is 0 Å². The second-order valence-corrected chi connectivity index (χ2v) is 6.02. The molecule has 0 aliphatic rings. The fourth-order valence-corrected chi connectivity index (χ4v) is 2.68. The third-order valence-corrected chi connectivity index (χ3v) is 4.15. The third kappa shape index (κ3) is 4.93. The molecule has 0 bridgehead atoms. The lowest BCUT2D eigenvalue weighted by molar-refractivity contribution is 0.0972. The number of benzene rings is 1. The van der Waals surface area contributed by atoms with Gasteiger partial charge in [0.15, 0.2) is 23.2 Å². The van der Waals surface area contributed by atoms with Gasteiger partial charge in [-0.25, -0.2) is 0 Å². The van der Waals surface area contributed by atoms with E-state index in [1.165, 1.54) is 0 Å². The minimum atomic E-state index is -0.591. The number of guanidine groups is 1. The molecule has 1 heterocycles. The minimum Gasteiger partial charge on any atom is -0.493 e. The van der Waals surface area contributed by atoms with Gasteiger partial charge in [0.2, 0.25) is 0 Å². The standard InChI is InChI=1S/C19H26N4O4/c1-12-8-16(25-4)17(26-5)9-13(12)11-23(3)19(21-2)22-10-14-6-7-15(27-14)18(20)24/h6-9H,10-11H2,1-5H3,(H2,20,24)(H,21,22). The summed E-state index contributed by atoms with van der Waals surface area (Å²) in [6, 6.07) is 7.17. The Hall–Kier alpha value is -3.16. The topological polar surface area (TPSA) is 102 Å². The molecule has 0 unspecified atom stereocenters. The quantitative estimate of drug-likeness (QED) is 0.567. The lowest BCUT2D eigenvalue weighted by atomic mass is 10.1. The Morgan fingerprint density at radius 2 is 1.93 bits per heavy atom. The van der Waals surface area contributed by atoms with Gasteiger partial charge >= 0.3 is 0 Å². The number of nitrogens with one attached hydrogen (secondary N) is 1. The Balaban J connectivity index is 2.06. The molecule has 0 saturated carbocycles. The highest BCUT2D eigenvalue weighted by Crippen LogP contribution is 2.30. The first-order valence-electron chi connectivity index (χ1n) is 8.41. The van der Waals surface area contributed by atoms with Crippen LogP contribution in [0.3, 0.4) is 0 Å². The molecule has 27 heavy (non-hydrogen) atoms. The Bertz CT molecular complexity index is 829. The number of carbonyl (C=O) groups excluding carboxylic acids is 1. The summed E-state index contributed by atoms with van der Waals surface area (Å²) < 4.78 is 16.1. The molecular weight excluding hydrogens is 348 g/mol. The number of ether oxygens (including phenoxy) is 2. The van der Waals surface area contributed by atoms with Gasteiger partial charge in [-0.15, -0.1) is 0 Å². The number of aliphatic imine (C=N–C) groups is 1. The summed E-state index contributed by atoms with van der Waals surface area (Å²) in [7, 11) is 6.87. The van der Waals surface area contributed by atoms with Crippen molar-refractivity contribution in [1.82, 2.24) is 10.2 Å². The van der Waals surface area contributed by atoms with E-state index in [1.807, 2.05) is 31.0 Å². The molecule has 0 aliphatic heterocycles. The van der Waals surface area contributed by atoms with Crippen LogP contribution < -0.4 is 20.5 Å². The fourth-order valence-electron chi connectivity index (χ4n) is 2.68. The summed E-state index contributed by atoms with van der Waals surface area (Å²) >= 11 is 0. The summed E-state index contributed by atoms with van der Waals surface area (Å²) in [6.07, 6.45) is 0. The maximum Gasteiger partial charge on any atom is 0.284 e. The first-order valence-corrected chi connectivity index (χ1v) is 8.41. The number of rotatable bonds is 7. The van der Waals surface area contributed by atoms with Gasteiger partial charge in [0.1, 0.15) is 5.76 Å². The molecule has 3 N–H and O–H groups in total. The summed E-state index contributed by atoms with van der Waals surface area (Å²) in [5, 5.41) is 3.20. The van der Waals surface area contributed by atoms with E-state index in [1.54, 1.807) is 33.4 Å². The second-order valence-electron chi connectivity index (χ2n) is 6.02. The van der Waals surface area contributed by atoms with E-state index in [-0.39, 0.29) is 5.76 Å². The van der Waals surface area contributed by atoms with Crippen molar-refractivity contribution in [2.75, 3.05) is 28.3 Å². The van der Waals surface area contributed by atoms with Gasteiger partial charge in [-0.05, 0) is 42.3 Å². The number of nitrogens with zero attached hydrogens (tertiary/aromatic N) is 2. The van der Waals surface area contributed by atoms with Crippen molar-refractivity contribution in [3.05, 3.63) is 46.9 Å². The number of hydrogen-bond acceptors (Lipinski definition) is 5. The lowest BCUT2D eigenvalue weighted by Gasteiger charge is -2.23. The number of aryl methyl sites for hydroxylation is 1. The largest absolute Gasteiger partial charge is 0.493 e. The highest BCUT2D eigenvalue weighted by molar-refractivity contribution is 5.89. The summed E-state index contributed by atoms with van der Waals surface area (Å²) in [6.45, 7) is 3.03. The van der Waals surface area contributed by atoms with Gasteiger partial charge in [0.05, 0.1) is 20.8 Å². The molecule has 1 aromatic carbocycles. The van der Waals surface area contributed by atoms with E-state index >= 15 is 0 Å². The SMILES string of the molecule is CN=C(NCc1ccc(C(N)=O)o1)N(C)Cc1cc(OC)c(OC)cc1C. The molecule has 2 aromatic rings. The van der Waals surface area contributed by atoms with E-state index < -0.39 is 5.91 Å². The van der Waals surface area contributed by atoms with Crippen molar-refractivity contribution < 1.29 is 18.7 Å². The summed E-state index contributed by atoms with van der Waals surface area (Å²) in [4.78, 5) is 17.4. The van der Waals surface area contributed by atoms with Crippen molar-refractivity contribution >= 4 is 11.9 Å². The third-order valence-electron chi connectivity index (χ3n) is 4.15. The van der Waals surface area contributed by atoms with E-state index in [2.05, 4.69) is 10.3 Å². The smallest absolute Gasteiger partial charge is 0.284 e. The molecule has 0 fully saturated rings. The molecule has 0 atom stereocenters. The van der Waals surface area contributed by atoms with Crippen LogP contribution in [0.15, 0.2) is 33.7 Å². The van der Waals surface area contributed by atoms with Gasteiger partial charge in [0, 0.05) is 20.6 Å². The van der Waals surface area contributed by atoms with Crippen molar-refractivity contribution in [3.63, 3.8) is 0 Å². The number of furan rings is 1. The van der Waals surface area contributed by atoms with Crippen LogP contribution in [0, 0.1) is 6.92 Å². The average Bonchev–Trinajstić information content (AvgIpc) is 3.12. The molecule has 0 spiro atoms. The first-order chi connectivity index (χ1) is 12.9. The maximum atomic E-state index is 11.1. The van der Waals surface area contributed by atoms with Crippen LogP contribution in [0.1, 0.15) is 27.4 Å². The molecule has 1 amide bonds. The van der Waals surface area contributed by atoms with Crippen LogP contribution in [0.5, 0.6) is 11.5 Å². The molecule has 8 nitrogen and oxygen atoms in total. The molecule has 8 heteroatoms. The van der Waals surface area contributed by atoms with Crippen molar-refractivity contribution in [3.8, 4) is 11.5 Å². The summed E-state index contributed by atoms with van der Waals surface area (Å²) in [5.41, 5.74) is 7.38. The molecule has 0 saturated heterocycles. The zero-order valence-corrected chi connectivity index (χ0v) is 16.3. The van der Waals surface area contributed by atoms with Gasteiger partial charge in [0.25, 0.3) is 5.91 Å². The number of nitrogens with two attached hydrogens (primary N) is 1. The lowest BCUT2D eigenvalue weighted by Crippen LogP contribution is -2.38. The van der Waals surface area contributed by atoms with Gasteiger partial charge < -0.3 is 29.8 Å². The monoisotopic (exact) mass is 374 g/mol. The molecule has 146 valence electrons. The predicted octanol–water partition coefficient (Wildman–Crippen LogP) is 1.91. The van der Waals surface area contributed by atoms with E-state index in [0.29, 0.717) is 36.3 Å². The van der Waals surface area contributed by atoms with Crippen molar-refractivity contribution in [2.24, 2.45) is 10.7 Å². The maximum absolute atomic E-state index is 11.1. The normalized spacial score (nSPS) is 11.2. The Morgan fingerprint density at radius 3 is 2.48 bits per heavy atom. The molecule has 0 aliphatic carbocycles. The molecule has 0 radical (unpaired) electrons. The molecule has 1 aromatic heterocycles. The second kappa shape index (κ2) is 8.98. The highest BCUT2D eigenvalue weighted by Gasteiger charge is 2.13. The number of hydrogen-bond donors (Lipinski definition) is 2. The number of carbonyl (C=O) groups is 1. The Morgan fingerprint density at radius 1 is 1.26 bits per heavy atom. The van der Waals surface area contributed by atoms with Gasteiger partial charge in [-0.2, -0.15) is 0 Å². The zero-order valence-electron chi connectivity index (χ0n) is 16.3. The van der Waals surface area contributed by atoms with Crippen LogP contribution in [0.4, 0.5) is 0 Å². The van der Waals surface area contributed by atoms with Crippen LogP contribution in [0.25, 0.3) is 0 Å². The van der Waals surface area contributed by atoms with E-state index in [4.69, 9.17) is 19.6 Å². The van der Waals surface area contributed by atoms with Crippen molar-refractivity contribution in [1.29, 1.82) is 0 Å². The van der Waals surface area contributed by atoms with Crippen LogP contribution >= 0.6 is 0 Å². The average molecular weight is 374 g/mol. The van der Waals surface area contributed by atoms with Crippen LogP contribution in [-0.4, -0.2) is 45.1 Å². The van der Waals surface area contributed by atoms with Crippen molar-refractivity contribution in [2.45, 2.75) is 20.0 Å². The van der Waals surface area contributed by atoms with Gasteiger partial charge in [-0.3, -0.25) is 9.79 Å². The number of amides is 1. The molecule has 2 rings (SSSR count). The minimum absolute atomic E-state index is 0.135. The Kier molecular flexibility index (Phi) is 6.70. The zero-order chi connectivity index (χ0) is 20.0.